The average Bonchev–Trinajstić information content (AvgIpc) is 2.15. The summed E-state index contributed by atoms with van der Waals surface area (Å²) in [4.78, 5) is 15.1. The van der Waals surface area contributed by atoms with Crippen LogP contribution in [0.1, 0.15) is 19.8 Å². The number of rotatable bonds is 1. The smallest absolute Gasteiger partial charge is 0.322 e. The van der Waals surface area contributed by atoms with Gasteiger partial charge < -0.3 is 4.84 Å². The molecule has 3 heteroatoms. The van der Waals surface area contributed by atoms with Gasteiger partial charge in [0.25, 0.3) is 0 Å². The molecule has 52 valence electrons. The normalized spacial score (nSPS) is 20.1. The summed E-state index contributed by atoms with van der Waals surface area (Å²) >= 11 is 0. The molecule has 0 N–H and O–H groups in total. The van der Waals surface area contributed by atoms with E-state index in [1.165, 1.54) is 6.92 Å². The lowest BCUT2D eigenvalue weighted by Crippen LogP contribution is -2.22. The standard InChI is InChI=1S/C6H11NO2/c1-6(8)9-7-4-2-3-5-7/h2-5H2,1H3. The van der Waals surface area contributed by atoms with Gasteiger partial charge in [0.05, 0.1) is 0 Å². The van der Waals surface area contributed by atoms with Crippen molar-refractivity contribution in [3.63, 3.8) is 0 Å². The lowest BCUT2D eigenvalue weighted by atomic mass is 10.4. The van der Waals surface area contributed by atoms with Crippen molar-refractivity contribution in [2.24, 2.45) is 0 Å². The molecule has 1 aliphatic rings. The predicted molar refractivity (Wildman–Crippen MR) is 32.6 cm³/mol. The molecule has 0 spiro atoms. The largest absolute Gasteiger partial charge is 0.368 e. The van der Waals surface area contributed by atoms with Crippen molar-refractivity contribution in [1.29, 1.82) is 0 Å². The van der Waals surface area contributed by atoms with Crippen LogP contribution in [-0.2, 0) is 9.63 Å². The number of hydroxylamine groups is 2. The van der Waals surface area contributed by atoms with Crippen LogP contribution >= 0.6 is 0 Å². The van der Waals surface area contributed by atoms with Crippen LogP contribution in [0.4, 0.5) is 0 Å². The zero-order valence-electron chi connectivity index (χ0n) is 5.59. The Morgan fingerprint density at radius 2 is 2.00 bits per heavy atom. The molecular formula is C6H11NO2. The van der Waals surface area contributed by atoms with Crippen molar-refractivity contribution in [2.45, 2.75) is 19.8 Å². The maximum atomic E-state index is 10.3. The van der Waals surface area contributed by atoms with Gasteiger partial charge in [0.2, 0.25) is 0 Å². The van der Waals surface area contributed by atoms with Crippen LogP contribution in [-0.4, -0.2) is 24.1 Å². The van der Waals surface area contributed by atoms with Gasteiger partial charge in [-0.25, -0.2) is 0 Å². The zero-order valence-corrected chi connectivity index (χ0v) is 5.59. The highest BCUT2D eigenvalue weighted by atomic mass is 16.7. The Kier molecular flexibility index (Phi) is 2.05. The quantitative estimate of drug-likeness (QED) is 0.518. The molecule has 1 saturated heterocycles. The van der Waals surface area contributed by atoms with E-state index < -0.39 is 0 Å². The maximum absolute atomic E-state index is 10.3. The van der Waals surface area contributed by atoms with E-state index in [1.54, 1.807) is 5.06 Å². The molecule has 1 fully saturated rings. The molecule has 9 heavy (non-hydrogen) atoms. The molecule has 0 saturated carbocycles. The Bertz CT molecular complexity index is 108. The van der Waals surface area contributed by atoms with Gasteiger partial charge in [-0.3, -0.25) is 4.79 Å². The third kappa shape index (κ3) is 2.01. The molecule has 1 rings (SSSR count). The minimum atomic E-state index is -0.211. The van der Waals surface area contributed by atoms with Crippen LogP contribution in [0.25, 0.3) is 0 Å². The summed E-state index contributed by atoms with van der Waals surface area (Å²) in [6, 6.07) is 0. The van der Waals surface area contributed by atoms with Crippen LogP contribution in [0.15, 0.2) is 0 Å². The lowest BCUT2D eigenvalue weighted by molar-refractivity contribution is -0.182. The highest BCUT2D eigenvalue weighted by Gasteiger charge is 2.13. The molecule has 0 amide bonds. The second-order valence-electron chi connectivity index (χ2n) is 2.22. The fourth-order valence-corrected chi connectivity index (χ4v) is 0.961. The van der Waals surface area contributed by atoms with Gasteiger partial charge in [-0.05, 0) is 12.8 Å². The molecule has 1 heterocycles. The van der Waals surface area contributed by atoms with E-state index in [1.807, 2.05) is 0 Å². The molecule has 0 aliphatic carbocycles. The van der Waals surface area contributed by atoms with Gasteiger partial charge in [-0.2, -0.15) is 0 Å². The Morgan fingerprint density at radius 1 is 1.44 bits per heavy atom. The Hall–Kier alpha value is -0.570. The molecule has 0 unspecified atom stereocenters. The summed E-state index contributed by atoms with van der Waals surface area (Å²) in [5.41, 5.74) is 0. The van der Waals surface area contributed by atoms with Gasteiger partial charge in [-0.15, -0.1) is 5.06 Å². The topological polar surface area (TPSA) is 29.5 Å². The number of carbonyl (C=O) groups excluding carboxylic acids is 1. The first-order valence-corrected chi connectivity index (χ1v) is 3.22. The third-order valence-electron chi connectivity index (χ3n) is 1.32. The van der Waals surface area contributed by atoms with Gasteiger partial charge in [-0.1, -0.05) is 0 Å². The van der Waals surface area contributed by atoms with Gasteiger partial charge in [0.15, 0.2) is 0 Å². The lowest BCUT2D eigenvalue weighted by Gasteiger charge is -2.11. The van der Waals surface area contributed by atoms with E-state index in [4.69, 9.17) is 4.84 Å². The summed E-state index contributed by atoms with van der Waals surface area (Å²) in [5.74, 6) is -0.211. The number of hydrogen-bond donors (Lipinski definition) is 0. The van der Waals surface area contributed by atoms with E-state index in [0.717, 1.165) is 25.9 Å². The first-order valence-electron chi connectivity index (χ1n) is 3.22. The van der Waals surface area contributed by atoms with Crippen molar-refractivity contribution in [3.05, 3.63) is 0 Å². The number of carbonyl (C=O) groups is 1. The molecule has 3 nitrogen and oxygen atoms in total. The van der Waals surface area contributed by atoms with Crippen molar-refractivity contribution >= 4 is 5.97 Å². The minimum absolute atomic E-state index is 0.211. The van der Waals surface area contributed by atoms with Gasteiger partial charge in [0, 0.05) is 20.0 Å². The highest BCUT2D eigenvalue weighted by molar-refractivity contribution is 5.65. The molecule has 0 atom stereocenters. The van der Waals surface area contributed by atoms with Gasteiger partial charge in [0.1, 0.15) is 0 Å². The summed E-state index contributed by atoms with van der Waals surface area (Å²) < 4.78 is 0. The summed E-state index contributed by atoms with van der Waals surface area (Å²) in [6.07, 6.45) is 2.29. The minimum Gasteiger partial charge on any atom is -0.368 e. The number of hydrogen-bond acceptors (Lipinski definition) is 3. The van der Waals surface area contributed by atoms with E-state index in [0.29, 0.717) is 0 Å². The van der Waals surface area contributed by atoms with Crippen LogP contribution in [0.3, 0.4) is 0 Å². The second-order valence-corrected chi connectivity index (χ2v) is 2.22. The molecule has 1 aliphatic heterocycles. The zero-order chi connectivity index (χ0) is 6.69. The van der Waals surface area contributed by atoms with Crippen molar-refractivity contribution in [3.8, 4) is 0 Å². The monoisotopic (exact) mass is 129 g/mol. The molecule has 0 aromatic rings. The van der Waals surface area contributed by atoms with Crippen LogP contribution in [0.2, 0.25) is 0 Å². The van der Waals surface area contributed by atoms with E-state index in [-0.39, 0.29) is 5.97 Å². The second kappa shape index (κ2) is 2.82. The van der Waals surface area contributed by atoms with Crippen molar-refractivity contribution < 1.29 is 9.63 Å². The molecule has 0 radical (unpaired) electrons. The van der Waals surface area contributed by atoms with E-state index in [2.05, 4.69) is 0 Å². The Labute approximate surface area is 54.5 Å². The van der Waals surface area contributed by atoms with Crippen molar-refractivity contribution in [2.75, 3.05) is 13.1 Å². The van der Waals surface area contributed by atoms with Gasteiger partial charge >= 0.3 is 5.97 Å². The van der Waals surface area contributed by atoms with Crippen LogP contribution in [0, 0.1) is 0 Å². The summed E-state index contributed by atoms with van der Waals surface area (Å²) in [6.45, 7) is 3.23. The molecule has 0 aromatic carbocycles. The number of nitrogens with zero attached hydrogens (tertiary/aromatic N) is 1. The van der Waals surface area contributed by atoms with Crippen LogP contribution in [0.5, 0.6) is 0 Å². The van der Waals surface area contributed by atoms with E-state index in [9.17, 15) is 4.79 Å². The average molecular weight is 129 g/mol. The maximum Gasteiger partial charge on any atom is 0.322 e. The van der Waals surface area contributed by atoms with Crippen LogP contribution < -0.4 is 0 Å². The van der Waals surface area contributed by atoms with E-state index >= 15 is 0 Å². The first-order chi connectivity index (χ1) is 4.29. The SMILES string of the molecule is CC(=O)ON1CCCC1. The molecule has 0 aromatic heterocycles. The fraction of sp³-hybridized carbons (Fsp3) is 0.833. The Morgan fingerprint density at radius 3 is 2.44 bits per heavy atom. The molecule has 0 bridgehead atoms. The summed E-state index contributed by atoms with van der Waals surface area (Å²) in [5, 5.41) is 1.71. The summed E-state index contributed by atoms with van der Waals surface area (Å²) in [7, 11) is 0. The Balaban J connectivity index is 2.19. The third-order valence-corrected chi connectivity index (χ3v) is 1.32. The predicted octanol–water partition coefficient (Wildman–Crippen LogP) is 0.560. The first kappa shape index (κ1) is 6.55. The highest BCUT2D eigenvalue weighted by Crippen LogP contribution is 2.06. The fourth-order valence-electron chi connectivity index (χ4n) is 0.961. The van der Waals surface area contributed by atoms with Crippen molar-refractivity contribution in [1.82, 2.24) is 5.06 Å². The molecular weight excluding hydrogens is 118 g/mol.